The summed E-state index contributed by atoms with van der Waals surface area (Å²) in [7, 11) is 0. The van der Waals surface area contributed by atoms with Crippen LogP contribution in [0.2, 0.25) is 5.02 Å². The van der Waals surface area contributed by atoms with E-state index < -0.39 is 6.23 Å². The zero-order chi connectivity index (χ0) is 11.3. The zero-order valence-electron chi connectivity index (χ0n) is 8.52. The Morgan fingerprint density at radius 3 is 2.87 bits per heavy atom. The van der Waals surface area contributed by atoms with Crippen molar-refractivity contribution in [2.75, 3.05) is 11.4 Å². The number of aliphatic hydroxyl groups is 1. The molecule has 15 heavy (non-hydrogen) atoms. The highest BCUT2D eigenvalue weighted by atomic mass is 35.5. The smallest absolute Gasteiger partial charge is 0.124 e. The van der Waals surface area contributed by atoms with Gasteiger partial charge in [-0.25, -0.2) is 0 Å². The summed E-state index contributed by atoms with van der Waals surface area (Å²) in [5.74, 6) is 0. The molecule has 0 saturated heterocycles. The van der Waals surface area contributed by atoms with Crippen molar-refractivity contribution in [2.45, 2.75) is 19.6 Å². The standard InChI is InChI=1S/C11H13ClN2O/c1-9(15)14(7-3-6-13)11-5-2-4-10(12)8-11/h2,4-5,8-9,15H,3,7H2,1H3. The van der Waals surface area contributed by atoms with E-state index in [1.54, 1.807) is 24.0 Å². The average Bonchev–Trinajstić information content (AvgIpc) is 2.18. The normalized spacial score (nSPS) is 11.9. The monoisotopic (exact) mass is 224 g/mol. The summed E-state index contributed by atoms with van der Waals surface area (Å²) in [5, 5.41) is 18.7. The zero-order valence-corrected chi connectivity index (χ0v) is 9.28. The maximum atomic E-state index is 9.56. The second kappa shape index (κ2) is 5.59. The Balaban J connectivity index is 2.84. The molecule has 0 saturated carbocycles. The summed E-state index contributed by atoms with van der Waals surface area (Å²) in [6.07, 6.45) is -0.256. The largest absolute Gasteiger partial charge is 0.374 e. The fraction of sp³-hybridized carbons (Fsp3) is 0.364. The first kappa shape index (κ1) is 11.8. The fourth-order valence-corrected chi connectivity index (χ4v) is 1.54. The van der Waals surface area contributed by atoms with Crippen molar-refractivity contribution in [1.82, 2.24) is 0 Å². The molecule has 0 amide bonds. The van der Waals surface area contributed by atoms with Crippen molar-refractivity contribution in [1.29, 1.82) is 5.26 Å². The van der Waals surface area contributed by atoms with Crippen LogP contribution in [0.3, 0.4) is 0 Å². The lowest BCUT2D eigenvalue weighted by molar-refractivity contribution is 0.189. The molecule has 0 fully saturated rings. The molecule has 1 unspecified atom stereocenters. The summed E-state index contributed by atoms with van der Waals surface area (Å²) in [4.78, 5) is 1.73. The van der Waals surface area contributed by atoms with Crippen molar-refractivity contribution in [3.63, 3.8) is 0 Å². The van der Waals surface area contributed by atoms with Gasteiger partial charge in [0.1, 0.15) is 6.23 Å². The summed E-state index contributed by atoms with van der Waals surface area (Å²) in [6.45, 7) is 2.16. The lowest BCUT2D eigenvalue weighted by atomic mass is 10.2. The minimum Gasteiger partial charge on any atom is -0.374 e. The van der Waals surface area contributed by atoms with Gasteiger partial charge in [0.2, 0.25) is 0 Å². The maximum Gasteiger partial charge on any atom is 0.124 e. The molecule has 3 nitrogen and oxygen atoms in total. The van der Waals surface area contributed by atoms with E-state index in [0.29, 0.717) is 18.0 Å². The van der Waals surface area contributed by atoms with Gasteiger partial charge in [0.05, 0.1) is 12.5 Å². The van der Waals surface area contributed by atoms with E-state index in [1.807, 2.05) is 12.1 Å². The summed E-state index contributed by atoms with van der Waals surface area (Å²) in [5.41, 5.74) is 0.827. The molecule has 0 heterocycles. The summed E-state index contributed by atoms with van der Waals surface area (Å²) < 4.78 is 0. The number of anilines is 1. The molecule has 0 radical (unpaired) electrons. The molecule has 0 aliphatic carbocycles. The molecule has 1 aromatic rings. The van der Waals surface area contributed by atoms with Gasteiger partial charge in [0.25, 0.3) is 0 Å². The molecule has 1 N–H and O–H groups in total. The van der Waals surface area contributed by atoms with Gasteiger partial charge >= 0.3 is 0 Å². The predicted molar refractivity (Wildman–Crippen MR) is 60.7 cm³/mol. The van der Waals surface area contributed by atoms with Crippen molar-refractivity contribution >= 4 is 17.3 Å². The van der Waals surface area contributed by atoms with Crippen molar-refractivity contribution in [2.24, 2.45) is 0 Å². The molecule has 1 atom stereocenters. The SMILES string of the molecule is CC(O)N(CCC#N)c1cccc(Cl)c1. The molecule has 0 spiro atoms. The van der Waals surface area contributed by atoms with Crippen LogP contribution in [0.4, 0.5) is 5.69 Å². The van der Waals surface area contributed by atoms with Gasteiger partial charge in [0, 0.05) is 17.3 Å². The molecular formula is C11H13ClN2O. The van der Waals surface area contributed by atoms with Crippen LogP contribution in [0, 0.1) is 11.3 Å². The average molecular weight is 225 g/mol. The Morgan fingerprint density at radius 2 is 2.33 bits per heavy atom. The first-order valence-electron chi connectivity index (χ1n) is 4.72. The number of aliphatic hydroxyl groups excluding tert-OH is 1. The first-order valence-corrected chi connectivity index (χ1v) is 5.10. The minimum absolute atomic E-state index is 0.372. The third kappa shape index (κ3) is 3.43. The van der Waals surface area contributed by atoms with E-state index in [2.05, 4.69) is 6.07 Å². The van der Waals surface area contributed by atoms with Gasteiger partial charge in [0.15, 0.2) is 0 Å². The Bertz CT molecular complexity index is 360. The highest BCUT2D eigenvalue weighted by Gasteiger charge is 2.11. The van der Waals surface area contributed by atoms with Crippen LogP contribution in [-0.4, -0.2) is 17.9 Å². The topological polar surface area (TPSA) is 47.3 Å². The summed E-state index contributed by atoms with van der Waals surface area (Å²) in [6, 6.07) is 9.27. The van der Waals surface area contributed by atoms with Crippen molar-refractivity contribution in [3.05, 3.63) is 29.3 Å². The second-order valence-corrected chi connectivity index (χ2v) is 3.65. The first-order chi connectivity index (χ1) is 7.15. The van der Waals surface area contributed by atoms with Gasteiger partial charge < -0.3 is 10.0 Å². The fourth-order valence-electron chi connectivity index (χ4n) is 1.36. The molecule has 0 aliphatic heterocycles. The highest BCUT2D eigenvalue weighted by Crippen LogP contribution is 2.20. The molecule has 1 rings (SSSR count). The van der Waals surface area contributed by atoms with E-state index in [0.717, 1.165) is 5.69 Å². The maximum absolute atomic E-state index is 9.56. The quantitative estimate of drug-likeness (QED) is 0.799. The molecule has 4 heteroatoms. The van der Waals surface area contributed by atoms with E-state index in [4.69, 9.17) is 16.9 Å². The van der Waals surface area contributed by atoms with E-state index in [-0.39, 0.29) is 0 Å². The Morgan fingerprint density at radius 1 is 1.60 bits per heavy atom. The Hall–Kier alpha value is -1.24. The van der Waals surface area contributed by atoms with E-state index in [1.165, 1.54) is 0 Å². The van der Waals surface area contributed by atoms with Crippen LogP contribution in [0.25, 0.3) is 0 Å². The summed E-state index contributed by atoms with van der Waals surface area (Å²) >= 11 is 5.85. The Kier molecular flexibility index (Phi) is 4.41. The predicted octanol–water partition coefficient (Wildman–Crippen LogP) is 2.40. The number of halogens is 1. The molecule has 0 bridgehead atoms. The van der Waals surface area contributed by atoms with Crippen LogP contribution < -0.4 is 4.90 Å². The van der Waals surface area contributed by atoms with Crippen LogP contribution in [-0.2, 0) is 0 Å². The van der Waals surface area contributed by atoms with Gasteiger partial charge in [-0.2, -0.15) is 5.26 Å². The number of hydrogen-bond donors (Lipinski definition) is 1. The highest BCUT2D eigenvalue weighted by molar-refractivity contribution is 6.30. The number of nitrogens with zero attached hydrogens (tertiary/aromatic N) is 2. The van der Waals surface area contributed by atoms with Crippen LogP contribution in [0.1, 0.15) is 13.3 Å². The van der Waals surface area contributed by atoms with Gasteiger partial charge in [-0.1, -0.05) is 17.7 Å². The molecular weight excluding hydrogens is 212 g/mol. The van der Waals surface area contributed by atoms with Crippen LogP contribution in [0.15, 0.2) is 24.3 Å². The van der Waals surface area contributed by atoms with E-state index >= 15 is 0 Å². The molecule has 1 aromatic carbocycles. The Labute approximate surface area is 94.5 Å². The minimum atomic E-state index is -0.628. The molecule has 80 valence electrons. The lowest BCUT2D eigenvalue weighted by Gasteiger charge is -2.26. The number of hydrogen-bond acceptors (Lipinski definition) is 3. The third-order valence-electron chi connectivity index (χ3n) is 2.06. The number of nitriles is 1. The number of benzene rings is 1. The molecule has 0 aliphatic rings. The van der Waals surface area contributed by atoms with Gasteiger partial charge in [-0.05, 0) is 25.1 Å². The number of rotatable bonds is 4. The van der Waals surface area contributed by atoms with Crippen molar-refractivity contribution in [3.8, 4) is 6.07 Å². The van der Waals surface area contributed by atoms with Gasteiger partial charge in [-0.3, -0.25) is 0 Å². The lowest BCUT2D eigenvalue weighted by Crippen LogP contribution is -2.33. The molecule has 0 aromatic heterocycles. The third-order valence-corrected chi connectivity index (χ3v) is 2.29. The van der Waals surface area contributed by atoms with Gasteiger partial charge in [-0.15, -0.1) is 0 Å². The van der Waals surface area contributed by atoms with Crippen LogP contribution >= 0.6 is 11.6 Å². The second-order valence-electron chi connectivity index (χ2n) is 3.21. The van der Waals surface area contributed by atoms with Crippen LogP contribution in [0.5, 0.6) is 0 Å². The van der Waals surface area contributed by atoms with E-state index in [9.17, 15) is 5.11 Å². The van der Waals surface area contributed by atoms with Crippen molar-refractivity contribution < 1.29 is 5.11 Å².